The van der Waals surface area contributed by atoms with E-state index in [0.29, 0.717) is 10.8 Å². The topological polar surface area (TPSA) is 38.3 Å². The van der Waals surface area contributed by atoms with Crippen LogP contribution in [0.1, 0.15) is 13.8 Å². The van der Waals surface area contributed by atoms with Crippen LogP contribution in [0.4, 0.5) is 10.1 Å². The third kappa shape index (κ3) is 4.33. The SMILES string of the molecule is CC(C)(Oc1ccc(Cl)cc1)C(=O)Nc1ccc(I)cc1F. The Morgan fingerprint density at radius 2 is 1.86 bits per heavy atom. The zero-order valence-corrected chi connectivity index (χ0v) is 14.9. The Morgan fingerprint density at radius 3 is 2.45 bits per heavy atom. The monoisotopic (exact) mass is 433 g/mol. The smallest absolute Gasteiger partial charge is 0.268 e. The van der Waals surface area contributed by atoms with Crippen LogP contribution in [0.3, 0.4) is 0 Å². The quantitative estimate of drug-likeness (QED) is 0.698. The second-order valence-corrected chi connectivity index (χ2v) is 6.83. The minimum absolute atomic E-state index is 0.123. The van der Waals surface area contributed by atoms with Gasteiger partial charge in [-0.15, -0.1) is 0 Å². The molecule has 3 nitrogen and oxygen atoms in total. The molecule has 0 bridgehead atoms. The average molecular weight is 434 g/mol. The number of amides is 1. The first-order valence-electron chi connectivity index (χ1n) is 6.49. The number of benzene rings is 2. The third-order valence-electron chi connectivity index (χ3n) is 2.91. The van der Waals surface area contributed by atoms with E-state index < -0.39 is 17.3 Å². The molecule has 2 aromatic carbocycles. The minimum atomic E-state index is -1.16. The molecule has 0 aliphatic heterocycles. The molecule has 6 heteroatoms. The van der Waals surface area contributed by atoms with E-state index in [4.69, 9.17) is 16.3 Å². The van der Waals surface area contributed by atoms with Gasteiger partial charge in [0, 0.05) is 8.59 Å². The highest BCUT2D eigenvalue weighted by Crippen LogP contribution is 2.23. The summed E-state index contributed by atoms with van der Waals surface area (Å²) in [6.45, 7) is 3.23. The molecule has 22 heavy (non-hydrogen) atoms. The molecule has 1 N–H and O–H groups in total. The van der Waals surface area contributed by atoms with Crippen molar-refractivity contribution in [3.8, 4) is 5.75 Å². The van der Waals surface area contributed by atoms with Gasteiger partial charge in [0.05, 0.1) is 5.69 Å². The average Bonchev–Trinajstić information content (AvgIpc) is 2.44. The van der Waals surface area contributed by atoms with E-state index in [1.807, 2.05) is 22.6 Å². The van der Waals surface area contributed by atoms with Gasteiger partial charge in [0.15, 0.2) is 5.60 Å². The number of hydrogen-bond acceptors (Lipinski definition) is 2. The van der Waals surface area contributed by atoms with Crippen LogP contribution in [0.2, 0.25) is 5.02 Å². The van der Waals surface area contributed by atoms with E-state index in [0.717, 1.165) is 3.57 Å². The molecule has 0 saturated carbocycles. The molecular weight excluding hydrogens is 420 g/mol. The molecule has 0 unspecified atom stereocenters. The maximum Gasteiger partial charge on any atom is 0.268 e. The normalized spacial score (nSPS) is 11.1. The molecule has 2 rings (SSSR count). The van der Waals surface area contributed by atoms with Crippen LogP contribution in [0.5, 0.6) is 5.75 Å². The predicted octanol–water partition coefficient (Wildman–Crippen LogP) is 4.88. The standard InChI is InChI=1S/C16H14ClFINO2/c1-16(2,22-12-6-3-10(17)4-7-12)15(21)20-14-8-5-11(19)9-13(14)18/h3-9H,1-2H3,(H,20,21). The van der Waals surface area contributed by atoms with Gasteiger partial charge in [-0.1, -0.05) is 11.6 Å². The van der Waals surface area contributed by atoms with Crippen molar-refractivity contribution < 1.29 is 13.9 Å². The van der Waals surface area contributed by atoms with Crippen LogP contribution >= 0.6 is 34.2 Å². The first-order valence-corrected chi connectivity index (χ1v) is 7.95. The van der Waals surface area contributed by atoms with Crippen LogP contribution in [0, 0.1) is 9.39 Å². The van der Waals surface area contributed by atoms with E-state index in [2.05, 4.69) is 5.32 Å². The zero-order valence-electron chi connectivity index (χ0n) is 12.0. The van der Waals surface area contributed by atoms with Crippen molar-refractivity contribution in [2.24, 2.45) is 0 Å². The Balaban J connectivity index is 2.11. The Morgan fingerprint density at radius 1 is 1.23 bits per heavy atom. The second-order valence-electron chi connectivity index (χ2n) is 5.14. The van der Waals surface area contributed by atoms with Crippen molar-refractivity contribution in [2.45, 2.75) is 19.4 Å². The summed E-state index contributed by atoms with van der Waals surface area (Å²) in [7, 11) is 0. The lowest BCUT2D eigenvalue weighted by molar-refractivity contribution is -0.128. The number of halogens is 3. The van der Waals surface area contributed by atoms with Crippen LogP contribution in [-0.4, -0.2) is 11.5 Å². The lowest BCUT2D eigenvalue weighted by Gasteiger charge is -2.25. The van der Waals surface area contributed by atoms with E-state index in [9.17, 15) is 9.18 Å². The number of rotatable bonds is 4. The van der Waals surface area contributed by atoms with Crippen LogP contribution < -0.4 is 10.1 Å². The zero-order chi connectivity index (χ0) is 16.3. The summed E-state index contributed by atoms with van der Waals surface area (Å²) in [5.74, 6) is -0.419. The third-order valence-corrected chi connectivity index (χ3v) is 3.84. The van der Waals surface area contributed by atoms with Crippen molar-refractivity contribution in [2.75, 3.05) is 5.32 Å². The van der Waals surface area contributed by atoms with Gasteiger partial charge in [-0.25, -0.2) is 4.39 Å². The lowest BCUT2D eigenvalue weighted by Crippen LogP contribution is -2.42. The fourth-order valence-electron chi connectivity index (χ4n) is 1.71. The molecule has 0 heterocycles. The van der Waals surface area contributed by atoms with Gasteiger partial charge in [-0.05, 0) is 78.9 Å². The minimum Gasteiger partial charge on any atom is -0.478 e. The summed E-state index contributed by atoms with van der Waals surface area (Å²) in [4.78, 5) is 12.3. The summed E-state index contributed by atoms with van der Waals surface area (Å²) in [6, 6.07) is 11.3. The van der Waals surface area contributed by atoms with Gasteiger partial charge in [0.2, 0.25) is 0 Å². The highest BCUT2D eigenvalue weighted by molar-refractivity contribution is 14.1. The van der Waals surface area contributed by atoms with Crippen molar-refractivity contribution in [3.05, 3.63) is 56.9 Å². The second kappa shape index (κ2) is 6.83. The number of hydrogen-bond donors (Lipinski definition) is 1. The maximum atomic E-state index is 13.8. The van der Waals surface area contributed by atoms with Crippen molar-refractivity contribution in [1.29, 1.82) is 0 Å². The number of nitrogens with one attached hydrogen (secondary N) is 1. The highest BCUT2D eigenvalue weighted by atomic mass is 127. The summed E-state index contributed by atoms with van der Waals surface area (Å²) < 4.78 is 20.2. The predicted molar refractivity (Wildman–Crippen MR) is 93.9 cm³/mol. The molecule has 0 saturated heterocycles. The molecule has 0 aliphatic rings. The summed E-state index contributed by atoms with van der Waals surface area (Å²) in [5, 5.41) is 3.12. The van der Waals surface area contributed by atoms with E-state index in [-0.39, 0.29) is 5.69 Å². The molecule has 0 aromatic heterocycles. The molecule has 0 aliphatic carbocycles. The number of anilines is 1. The first-order chi connectivity index (χ1) is 10.3. The molecule has 2 aromatic rings. The maximum absolute atomic E-state index is 13.8. The number of carbonyl (C=O) groups is 1. The fraction of sp³-hybridized carbons (Fsp3) is 0.188. The Labute approximate surface area is 147 Å². The molecule has 0 radical (unpaired) electrons. The van der Waals surface area contributed by atoms with Gasteiger partial charge in [-0.2, -0.15) is 0 Å². The van der Waals surface area contributed by atoms with E-state index >= 15 is 0 Å². The molecule has 0 spiro atoms. The number of carbonyl (C=O) groups excluding carboxylic acids is 1. The summed E-state index contributed by atoms with van der Waals surface area (Å²) in [5.41, 5.74) is -1.04. The van der Waals surface area contributed by atoms with Crippen LogP contribution in [0.25, 0.3) is 0 Å². The highest BCUT2D eigenvalue weighted by Gasteiger charge is 2.30. The fourth-order valence-corrected chi connectivity index (χ4v) is 2.29. The molecule has 1 amide bonds. The summed E-state index contributed by atoms with van der Waals surface area (Å²) in [6.07, 6.45) is 0. The number of ether oxygens (including phenoxy) is 1. The van der Waals surface area contributed by atoms with Crippen molar-refractivity contribution in [1.82, 2.24) is 0 Å². The Hall–Kier alpha value is -1.34. The van der Waals surface area contributed by atoms with Gasteiger partial charge in [0.25, 0.3) is 5.91 Å². The molecule has 116 valence electrons. The van der Waals surface area contributed by atoms with Gasteiger partial charge >= 0.3 is 0 Å². The Kier molecular flexibility index (Phi) is 5.28. The van der Waals surface area contributed by atoms with Gasteiger partial charge in [-0.3, -0.25) is 4.79 Å². The lowest BCUT2D eigenvalue weighted by atomic mass is 10.1. The van der Waals surface area contributed by atoms with Crippen molar-refractivity contribution >= 4 is 45.8 Å². The molecular formula is C16H14ClFINO2. The molecule has 0 fully saturated rings. The van der Waals surface area contributed by atoms with E-state index in [1.165, 1.54) is 12.1 Å². The van der Waals surface area contributed by atoms with Crippen LogP contribution in [0.15, 0.2) is 42.5 Å². The van der Waals surface area contributed by atoms with Crippen molar-refractivity contribution in [3.63, 3.8) is 0 Å². The Bertz CT molecular complexity index is 689. The first kappa shape index (κ1) is 17.0. The van der Waals surface area contributed by atoms with Gasteiger partial charge < -0.3 is 10.1 Å². The molecule has 0 atom stereocenters. The largest absolute Gasteiger partial charge is 0.478 e. The van der Waals surface area contributed by atoms with Gasteiger partial charge in [0.1, 0.15) is 11.6 Å². The van der Waals surface area contributed by atoms with Crippen LogP contribution in [-0.2, 0) is 4.79 Å². The summed E-state index contributed by atoms with van der Waals surface area (Å²) >= 11 is 7.81. The van der Waals surface area contributed by atoms with E-state index in [1.54, 1.807) is 44.2 Å².